The third-order valence-corrected chi connectivity index (χ3v) is 3.10. The normalized spacial score (nSPS) is 9.86. The van der Waals surface area contributed by atoms with E-state index in [-0.39, 0.29) is 6.10 Å². The van der Waals surface area contributed by atoms with Crippen LogP contribution in [0.5, 0.6) is 0 Å². The van der Waals surface area contributed by atoms with Crippen LogP contribution in [0.15, 0.2) is 84.9 Å². The Labute approximate surface area is 177 Å². The summed E-state index contributed by atoms with van der Waals surface area (Å²) in [5, 5.41) is 16.6. The summed E-state index contributed by atoms with van der Waals surface area (Å²) in [4.78, 5) is 0. The highest BCUT2D eigenvalue weighted by molar-refractivity contribution is 5.63. The van der Waals surface area contributed by atoms with E-state index in [1.165, 1.54) is 22.3 Å². The van der Waals surface area contributed by atoms with Crippen molar-refractivity contribution in [1.29, 1.82) is 0 Å². The molecule has 0 radical (unpaired) electrons. The molecule has 2 N–H and O–H groups in total. The molecule has 2 heteroatoms. The summed E-state index contributed by atoms with van der Waals surface area (Å²) in [5.41, 5.74) is 4.69. The molecule has 3 aromatic carbocycles. The van der Waals surface area contributed by atoms with Crippen LogP contribution >= 0.6 is 0 Å². The minimum Gasteiger partial charge on any atom is -0.394 e. The van der Waals surface area contributed by atoms with Crippen molar-refractivity contribution in [2.75, 3.05) is 0 Å². The van der Waals surface area contributed by atoms with E-state index in [4.69, 9.17) is 10.2 Å². The summed E-state index contributed by atoms with van der Waals surface area (Å²) in [6.45, 7) is 12.9. The molecule has 0 unspecified atom stereocenters. The van der Waals surface area contributed by atoms with Crippen LogP contribution in [0, 0.1) is 13.8 Å². The zero-order valence-electron chi connectivity index (χ0n) is 19.1. The predicted molar refractivity (Wildman–Crippen MR) is 127 cm³/mol. The molecule has 158 valence electrons. The Kier molecular flexibility index (Phi) is 13.3. The van der Waals surface area contributed by atoms with E-state index in [1.54, 1.807) is 34.6 Å². The SMILES string of the molecule is CC(C)(C)O.CC(C)O.Cc1ccc(-c2ccccc2)cc1.Cc1ccccc1. The van der Waals surface area contributed by atoms with E-state index in [0.717, 1.165) is 0 Å². The monoisotopic (exact) mass is 394 g/mol. The summed E-state index contributed by atoms with van der Waals surface area (Å²) in [6, 6.07) is 29.3. The first kappa shape index (κ1) is 26.6. The molecule has 3 aromatic rings. The molecule has 0 atom stereocenters. The Balaban J connectivity index is 0.000000414. The zero-order chi connectivity index (χ0) is 22.3. The molecule has 29 heavy (non-hydrogen) atoms. The van der Waals surface area contributed by atoms with Gasteiger partial charge in [-0.3, -0.25) is 0 Å². The van der Waals surface area contributed by atoms with Crippen molar-refractivity contribution >= 4 is 0 Å². The van der Waals surface area contributed by atoms with Gasteiger partial charge < -0.3 is 10.2 Å². The second-order valence-corrected chi connectivity index (χ2v) is 8.15. The Morgan fingerprint density at radius 3 is 1.17 bits per heavy atom. The number of aliphatic hydroxyl groups is 2. The lowest BCUT2D eigenvalue weighted by Gasteiger charge is -2.04. The molecule has 0 amide bonds. The lowest BCUT2D eigenvalue weighted by Crippen LogP contribution is -2.10. The van der Waals surface area contributed by atoms with Crippen molar-refractivity contribution < 1.29 is 10.2 Å². The molecule has 3 rings (SSSR count). The molecule has 0 bridgehead atoms. The molecule has 0 aliphatic heterocycles. The zero-order valence-corrected chi connectivity index (χ0v) is 19.1. The summed E-state index contributed by atoms with van der Waals surface area (Å²) in [5.74, 6) is 0. The van der Waals surface area contributed by atoms with Crippen LogP contribution in [0.3, 0.4) is 0 Å². The first-order chi connectivity index (χ1) is 13.5. The molecule has 0 aliphatic rings. The van der Waals surface area contributed by atoms with Gasteiger partial charge in [0, 0.05) is 6.10 Å². The van der Waals surface area contributed by atoms with Gasteiger partial charge in [0.15, 0.2) is 0 Å². The largest absolute Gasteiger partial charge is 0.394 e. The highest BCUT2D eigenvalue weighted by atomic mass is 16.3. The number of benzene rings is 3. The van der Waals surface area contributed by atoms with E-state index in [9.17, 15) is 0 Å². The van der Waals surface area contributed by atoms with Gasteiger partial charge in [-0.15, -0.1) is 0 Å². The highest BCUT2D eigenvalue weighted by Gasteiger charge is 1.98. The molecular weight excluding hydrogens is 356 g/mol. The van der Waals surface area contributed by atoms with Gasteiger partial charge >= 0.3 is 0 Å². The average Bonchev–Trinajstić information content (AvgIpc) is 2.62. The Hall–Kier alpha value is -2.42. The van der Waals surface area contributed by atoms with Gasteiger partial charge in [-0.1, -0.05) is 96.1 Å². The van der Waals surface area contributed by atoms with Gasteiger partial charge in [-0.25, -0.2) is 0 Å². The molecule has 0 saturated heterocycles. The molecular formula is C27H38O2. The minimum atomic E-state index is -0.500. The van der Waals surface area contributed by atoms with Crippen molar-refractivity contribution in [2.45, 2.75) is 60.2 Å². The van der Waals surface area contributed by atoms with Crippen molar-refractivity contribution in [3.8, 4) is 11.1 Å². The Morgan fingerprint density at radius 2 is 0.862 bits per heavy atom. The number of aryl methyl sites for hydroxylation is 2. The van der Waals surface area contributed by atoms with E-state index in [0.29, 0.717) is 0 Å². The van der Waals surface area contributed by atoms with Gasteiger partial charge in [-0.05, 0) is 59.6 Å². The highest BCUT2D eigenvalue weighted by Crippen LogP contribution is 2.18. The molecule has 0 fully saturated rings. The molecule has 0 heterocycles. The second kappa shape index (κ2) is 14.6. The predicted octanol–water partition coefficient (Wildman–Crippen LogP) is 6.82. The van der Waals surface area contributed by atoms with E-state index in [2.05, 4.69) is 74.5 Å². The summed E-state index contributed by atoms with van der Waals surface area (Å²) >= 11 is 0. The average molecular weight is 395 g/mol. The quantitative estimate of drug-likeness (QED) is 0.475. The van der Waals surface area contributed by atoms with Crippen LogP contribution in [-0.4, -0.2) is 21.9 Å². The van der Waals surface area contributed by atoms with Crippen molar-refractivity contribution in [3.63, 3.8) is 0 Å². The lowest BCUT2D eigenvalue weighted by atomic mass is 10.0. The van der Waals surface area contributed by atoms with Crippen LogP contribution in [0.4, 0.5) is 0 Å². The van der Waals surface area contributed by atoms with Gasteiger partial charge in [-0.2, -0.15) is 0 Å². The molecule has 0 aromatic heterocycles. The molecule has 0 saturated carbocycles. The van der Waals surface area contributed by atoms with Crippen LogP contribution < -0.4 is 0 Å². The topological polar surface area (TPSA) is 40.5 Å². The van der Waals surface area contributed by atoms with E-state index in [1.807, 2.05) is 24.3 Å². The third kappa shape index (κ3) is 18.7. The lowest BCUT2D eigenvalue weighted by molar-refractivity contribution is 0.102. The van der Waals surface area contributed by atoms with Gasteiger partial charge in [0.1, 0.15) is 0 Å². The summed E-state index contributed by atoms with van der Waals surface area (Å²) < 4.78 is 0. The fraction of sp³-hybridized carbons (Fsp3) is 0.333. The first-order valence-corrected chi connectivity index (χ1v) is 10.0. The van der Waals surface area contributed by atoms with Crippen LogP contribution in [-0.2, 0) is 0 Å². The van der Waals surface area contributed by atoms with Crippen molar-refractivity contribution in [1.82, 2.24) is 0 Å². The standard InChI is InChI=1S/C13H12.C7H8.C4H10O.C3H8O/c1-11-7-9-13(10-8-11)12-5-3-2-4-6-12;1-7-5-3-2-4-6-7;1-4(2,3)5;1-3(2)4/h2-10H,1H3;2-6H,1H3;5H,1-3H3;3-4H,1-2H3. The Morgan fingerprint density at radius 1 is 0.586 bits per heavy atom. The first-order valence-electron chi connectivity index (χ1n) is 10.0. The minimum absolute atomic E-state index is 0.167. The fourth-order valence-electron chi connectivity index (χ4n) is 1.91. The molecule has 0 spiro atoms. The maximum absolute atomic E-state index is 8.52. The smallest absolute Gasteiger partial charge is 0.0563 e. The summed E-state index contributed by atoms with van der Waals surface area (Å²) in [6.07, 6.45) is -0.167. The van der Waals surface area contributed by atoms with E-state index >= 15 is 0 Å². The summed E-state index contributed by atoms with van der Waals surface area (Å²) in [7, 11) is 0. The molecule has 0 aliphatic carbocycles. The fourth-order valence-corrected chi connectivity index (χ4v) is 1.91. The number of rotatable bonds is 1. The number of hydrogen-bond donors (Lipinski definition) is 2. The van der Waals surface area contributed by atoms with Crippen LogP contribution in [0.2, 0.25) is 0 Å². The van der Waals surface area contributed by atoms with Gasteiger partial charge in [0.2, 0.25) is 0 Å². The number of hydrogen-bond acceptors (Lipinski definition) is 2. The van der Waals surface area contributed by atoms with Gasteiger partial charge in [0.25, 0.3) is 0 Å². The van der Waals surface area contributed by atoms with Crippen LogP contribution in [0.1, 0.15) is 45.7 Å². The van der Waals surface area contributed by atoms with Gasteiger partial charge in [0.05, 0.1) is 5.60 Å². The van der Waals surface area contributed by atoms with Crippen LogP contribution in [0.25, 0.3) is 11.1 Å². The Bertz CT molecular complexity index is 731. The van der Waals surface area contributed by atoms with E-state index < -0.39 is 5.60 Å². The number of aliphatic hydroxyl groups excluding tert-OH is 1. The molecule has 2 nitrogen and oxygen atoms in total. The maximum atomic E-state index is 8.52. The van der Waals surface area contributed by atoms with Crippen molar-refractivity contribution in [3.05, 3.63) is 96.1 Å². The maximum Gasteiger partial charge on any atom is 0.0563 e. The second-order valence-electron chi connectivity index (χ2n) is 8.15. The third-order valence-electron chi connectivity index (χ3n) is 3.10. The van der Waals surface area contributed by atoms with Crippen molar-refractivity contribution in [2.24, 2.45) is 0 Å².